The summed E-state index contributed by atoms with van der Waals surface area (Å²) in [5.74, 6) is 0. The maximum atomic E-state index is 11.0. The van der Waals surface area contributed by atoms with E-state index in [4.69, 9.17) is 0 Å². The van der Waals surface area contributed by atoms with E-state index < -0.39 is 0 Å². The minimum absolute atomic E-state index is 0.493. The van der Waals surface area contributed by atoms with E-state index in [1.807, 2.05) is 24.3 Å². The van der Waals surface area contributed by atoms with Crippen LogP contribution >= 0.6 is 11.3 Å². The molecule has 0 saturated heterocycles. The predicted octanol–water partition coefficient (Wildman–Crippen LogP) is 12.8. The average Bonchev–Trinajstić information content (AvgIpc) is 3.88. The SMILES string of the molecule is N#Cc1cc(-n2c3ccccc3c3ccc4c5ccccc5sc4c32)c(C#N)cc1-n1c2ccc(-c3ccccc3)cc2c2c3ccccc3ccc21. The topological polar surface area (TPSA) is 57.4 Å². The minimum Gasteiger partial charge on any atom is -0.308 e. The van der Waals surface area contributed by atoms with Crippen LogP contribution in [0.5, 0.6) is 0 Å². The molecule has 0 fully saturated rings. The van der Waals surface area contributed by atoms with Crippen LogP contribution in [0.3, 0.4) is 0 Å². The van der Waals surface area contributed by atoms with E-state index in [0.29, 0.717) is 22.5 Å². The van der Waals surface area contributed by atoms with Gasteiger partial charge in [-0.15, -0.1) is 11.3 Å². The van der Waals surface area contributed by atoms with Crippen LogP contribution in [0.4, 0.5) is 0 Å². The molecule has 11 rings (SSSR count). The fraction of sp³-hybridized carbons (Fsp3) is 0. The van der Waals surface area contributed by atoms with Gasteiger partial charge in [-0.05, 0) is 64.4 Å². The van der Waals surface area contributed by atoms with Gasteiger partial charge in [-0.25, -0.2) is 0 Å². The quantitative estimate of drug-likeness (QED) is 0.185. The highest BCUT2D eigenvalue weighted by molar-refractivity contribution is 7.26. The summed E-state index contributed by atoms with van der Waals surface area (Å²) in [4.78, 5) is 0. The zero-order valence-electron chi connectivity index (χ0n) is 28.2. The molecule has 0 aliphatic heterocycles. The largest absolute Gasteiger partial charge is 0.308 e. The Labute approximate surface area is 307 Å². The molecular weight excluding hydrogens is 665 g/mol. The Hall–Kier alpha value is -7.18. The molecule has 0 saturated carbocycles. The molecule has 0 bridgehead atoms. The van der Waals surface area contributed by atoms with Crippen LogP contribution in [-0.4, -0.2) is 9.13 Å². The normalized spacial score (nSPS) is 11.7. The van der Waals surface area contributed by atoms with Gasteiger partial charge in [0.15, 0.2) is 0 Å². The number of hydrogen-bond acceptors (Lipinski definition) is 3. The third-order valence-corrected chi connectivity index (χ3v) is 12.0. The molecule has 0 radical (unpaired) electrons. The van der Waals surface area contributed by atoms with Crippen LogP contribution in [0.25, 0.3) is 97.1 Å². The first kappa shape index (κ1) is 29.5. The van der Waals surface area contributed by atoms with Gasteiger partial charge < -0.3 is 9.13 Å². The van der Waals surface area contributed by atoms with E-state index in [9.17, 15) is 10.5 Å². The number of nitrogens with zero attached hydrogens (tertiary/aromatic N) is 4. The Morgan fingerprint density at radius 2 is 1.08 bits per heavy atom. The fourth-order valence-corrected chi connectivity index (χ4v) is 9.71. The number of nitriles is 2. The lowest BCUT2D eigenvalue weighted by Gasteiger charge is -2.16. The molecule has 53 heavy (non-hydrogen) atoms. The molecule has 244 valence electrons. The third-order valence-electron chi connectivity index (χ3n) is 10.8. The number of thiophene rings is 1. The smallest absolute Gasteiger partial charge is 0.101 e. The lowest BCUT2D eigenvalue weighted by Crippen LogP contribution is -2.04. The van der Waals surface area contributed by atoms with Gasteiger partial charge in [-0.3, -0.25) is 0 Å². The second kappa shape index (κ2) is 11.2. The van der Waals surface area contributed by atoms with Gasteiger partial charge in [-0.1, -0.05) is 115 Å². The summed E-state index contributed by atoms with van der Waals surface area (Å²) in [6.07, 6.45) is 0. The van der Waals surface area contributed by atoms with Crippen LogP contribution in [0.2, 0.25) is 0 Å². The van der Waals surface area contributed by atoms with Gasteiger partial charge in [0.1, 0.15) is 12.1 Å². The van der Waals surface area contributed by atoms with Gasteiger partial charge in [0.05, 0.1) is 49.3 Å². The molecular formula is C48H26N4S. The molecule has 0 amide bonds. The second-order valence-corrected chi connectivity index (χ2v) is 14.6. The average molecular weight is 691 g/mol. The highest BCUT2D eigenvalue weighted by Crippen LogP contribution is 2.45. The summed E-state index contributed by atoms with van der Waals surface area (Å²) in [5.41, 5.74) is 8.65. The molecule has 0 atom stereocenters. The monoisotopic (exact) mass is 690 g/mol. The standard InChI is InChI=1S/C48H26N4S/c49-27-32-26-44(52-40-16-8-6-14-35(40)37-20-21-38-36-15-7-9-17-45(36)53-48(38)47(37)52)33(28-50)25-43(32)51-41-22-19-31(29-10-2-1-3-11-29)24-39(41)46-34-13-5-4-12-30(34)18-23-42(46)51/h1-26H. The Morgan fingerprint density at radius 1 is 0.434 bits per heavy atom. The number of rotatable bonds is 3. The van der Waals surface area contributed by atoms with Gasteiger partial charge in [0, 0.05) is 37.0 Å². The van der Waals surface area contributed by atoms with Crippen molar-refractivity contribution in [2.24, 2.45) is 0 Å². The minimum atomic E-state index is 0.493. The molecule has 0 N–H and O–H groups in total. The maximum absolute atomic E-state index is 11.0. The van der Waals surface area contributed by atoms with Crippen LogP contribution in [-0.2, 0) is 0 Å². The summed E-state index contributed by atoms with van der Waals surface area (Å²) in [7, 11) is 0. The summed E-state index contributed by atoms with van der Waals surface area (Å²) < 4.78 is 6.76. The summed E-state index contributed by atoms with van der Waals surface area (Å²) in [6.45, 7) is 0. The number of hydrogen-bond donors (Lipinski definition) is 0. The number of para-hydroxylation sites is 1. The van der Waals surface area contributed by atoms with E-state index >= 15 is 0 Å². The van der Waals surface area contributed by atoms with Crippen molar-refractivity contribution in [2.75, 3.05) is 0 Å². The van der Waals surface area contributed by atoms with E-state index in [1.54, 1.807) is 11.3 Å². The molecule has 0 aliphatic carbocycles. The van der Waals surface area contributed by atoms with Gasteiger partial charge in [0.2, 0.25) is 0 Å². The third kappa shape index (κ3) is 4.14. The van der Waals surface area contributed by atoms with Crippen molar-refractivity contribution in [1.82, 2.24) is 9.13 Å². The predicted molar refractivity (Wildman–Crippen MR) is 220 cm³/mol. The molecule has 0 spiro atoms. The Bertz CT molecular complexity index is 3420. The Balaban J connectivity index is 1.24. The first-order chi connectivity index (χ1) is 26.2. The zero-order valence-corrected chi connectivity index (χ0v) is 29.0. The van der Waals surface area contributed by atoms with E-state index in [0.717, 1.165) is 70.2 Å². The number of fused-ring (bicyclic) bond motifs is 12. The van der Waals surface area contributed by atoms with E-state index in [1.165, 1.54) is 15.5 Å². The van der Waals surface area contributed by atoms with Crippen molar-refractivity contribution in [2.45, 2.75) is 0 Å². The Morgan fingerprint density at radius 3 is 1.89 bits per heavy atom. The van der Waals surface area contributed by atoms with Crippen molar-refractivity contribution in [3.63, 3.8) is 0 Å². The summed E-state index contributed by atoms with van der Waals surface area (Å²) in [5, 5.41) is 31.0. The van der Waals surface area contributed by atoms with Crippen LogP contribution < -0.4 is 0 Å². The maximum Gasteiger partial charge on any atom is 0.101 e. The first-order valence-electron chi connectivity index (χ1n) is 17.6. The molecule has 11 aromatic rings. The summed E-state index contributed by atoms with van der Waals surface area (Å²) in [6, 6.07) is 59.9. The van der Waals surface area contributed by atoms with Crippen molar-refractivity contribution in [3.05, 3.63) is 169 Å². The lowest BCUT2D eigenvalue weighted by molar-refractivity contribution is 1.13. The number of benzene rings is 8. The van der Waals surface area contributed by atoms with Crippen LogP contribution in [0.1, 0.15) is 11.1 Å². The summed E-state index contributed by atoms with van der Waals surface area (Å²) >= 11 is 1.77. The fourth-order valence-electron chi connectivity index (χ4n) is 8.47. The van der Waals surface area contributed by atoms with Crippen molar-refractivity contribution in [1.29, 1.82) is 10.5 Å². The molecule has 5 heteroatoms. The lowest BCUT2D eigenvalue weighted by atomic mass is 10.0. The second-order valence-electron chi connectivity index (χ2n) is 13.5. The number of aromatic nitrogens is 2. The highest BCUT2D eigenvalue weighted by Gasteiger charge is 2.23. The molecule has 3 heterocycles. The van der Waals surface area contributed by atoms with Crippen LogP contribution in [0.15, 0.2) is 158 Å². The highest BCUT2D eigenvalue weighted by atomic mass is 32.1. The van der Waals surface area contributed by atoms with E-state index in [-0.39, 0.29) is 0 Å². The molecule has 4 nitrogen and oxygen atoms in total. The van der Waals surface area contributed by atoms with Gasteiger partial charge in [-0.2, -0.15) is 10.5 Å². The molecule has 8 aromatic carbocycles. The van der Waals surface area contributed by atoms with Crippen molar-refractivity contribution in [3.8, 4) is 34.6 Å². The molecule has 0 unspecified atom stereocenters. The van der Waals surface area contributed by atoms with Crippen molar-refractivity contribution < 1.29 is 0 Å². The van der Waals surface area contributed by atoms with Gasteiger partial charge >= 0.3 is 0 Å². The zero-order chi connectivity index (χ0) is 35.2. The van der Waals surface area contributed by atoms with Crippen molar-refractivity contribution >= 4 is 85.9 Å². The Kier molecular flexibility index (Phi) is 6.22. The van der Waals surface area contributed by atoms with Gasteiger partial charge in [0.25, 0.3) is 0 Å². The molecule has 0 aliphatic rings. The first-order valence-corrected chi connectivity index (χ1v) is 18.4. The van der Waals surface area contributed by atoms with E-state index in [2.05, 4.69) is 155 Å². The van der Waals surface area contributed by atoms with Crippen LogP contribution in [0, 0.1) is 22.7 Å². The molecule has 3 aromatic heterocycles.